The van der Waals surface area contributed by atoms with Crippen molar-refractivity contribution >= 4 is 22.3 Å². The molecule has 2 heterocycles. The van der Waals surface area contributed by atoms with Gasteiger partial charge in [0.15, 0.2) is 5.82 Å². The van der Waals surface area contributed by atoms with Gasteiger partial charge >= 0.3 is 0 Å². The number of rotatable bonds is 6. The van der Waals surface area contributed by atoms with Gasteiger partial charge in [-0.15, -0.1) is 0 Å². The number of nitrogens with two attached hydrogens (primary N) is 1. The van der Waals surface area contributed by atoms with E-state index in [0.717, 1.165) is 29.8 Å². The first-order valence-electron chi connectivity index (χ1n) is 12.3. The molecule has 0 unspecified atom stereocenters. The van der Waals surface area contributed by atoms with Crippen molar-refractivity contribution in [1.82, 2.24) is 15.5 Å². The Balaban J connectivity index is 1.27. The summed E-state index contributed by atoms with van der Waals surface area (Å²) in [5.74, 6) is 0.878. The molecule has 172 valence electrons. The van der Waals surface area contributed by atoms with Gasteiger partial charge in [-0.25, -0.2) is 0 Å². The van der Waals surface area contributed by atoms with Crippen LogP contribution in [-0.4, -0.2) is 23.3 Å². The van der Waals surface area contributed by atoms with Gasteiger partial charge in [0.1, 0.15) is 0 Å². The minimum Gasteiger partial charge on any atom is -0.364 e. The van der Waals surface area contributed by atoms with Crippen LogP contribution in [0.4, 0.5) is 5.82 Å². The Morgan fingerprint density at radius 1 is 0.941 bits per heavy atom. The van der Waals surface area contributed by atoms with Crippen LogP contribution in [0.2, 0.25) is 0 Å². The zero-order chi connectivity index (χ0) is 23.0. The highest BCUT2D eigenvalue weighted by Gasteiger charge is 2.34. The Morgan fingerprint density at radius 2 is 1.76 bits per heavy atom. The molecular formula is C29H31N5. The van der Waals surface area contributed by atoms with E-state index in [-0.39, 0.29) is 5.54 Å². The van der Waals surface area contributed by atoms with E-state index < -0.39 is 0 Å². The number of hydrogen-bond donors (Lipinski definition) is 4. The standard InChI is InChI=1S/C29H31N5/c30-29(18-31-19-29)24-9-4-6-20(16-24)17-32-28-27-25(10-5-11-26(27)33-34-28)23-14-12-22(13-15-23)21-7-2-1-3-8-21/h4-7,9-16,31H,1-3,8,17-19,30H2,(H2,32,33,34). The number of fused-ring (bicyclic) bond motifs is 1. The molecule has 1 fully saturated rings. The van der Waals surface area contributed by atoms with E-state index in [0.29, 0.717) is 6.54 Å². The molecule has 2 aliphatic rings. The van der Waals surface area contributed by atoms with E-state index in [9.17, 15) is 0 Å². The summed E-state index contributed by atoms with van der Waals surface area (Å²) in [7, 11) is 0. The summed E-state index contributed by atoms with van der Waals surface area (Å²) in [5, 5.41) is 15.8. The fourth-order valence-corrected chi connectivity index (χ4v) is 5.18. The molecule has 4 aromatic rings. The molecule has 3 aromatic carbocycles. The maximum absolute atomic E-state index is 6.50. The van der Waals surface area contributed by atoms with Crippen molar-refractivity contribution in [1.29, 1.82) is 0 Å². The third-order valence-corrected chi connectivity index (χ3v) is 7.29. The van der Waals surface area contributed by atoms with Crippen LogP contribution in [0.5, 0.6) is 0 Å². The highest BCUT2D eigenvalue weighted by molar-refractivity contribution is 6.02. The van der Waals surface area contributed by atoms with Gasteiger partial charge in [0.25, 0.3) is 0 Å². The van der Waals surface area contributed by atoms with E-state index in [2.05, 4.69) is 93.6 Å². The van der Waals surface area contributed by atoms with Gasteiger partial charge in [-0.1, -0.05) is 66.7 Å². The number of nitrogens with zero attached hydrogens (tertiary/aromatic N) is 1. The highest BCUT2D eigenvalue weighted by Crippen LogP contribution is 2.34. The zero-order valence-electron chi connectivity index (χ0n) is 19.4. The fraction of sp³-hybridized carbons (Fsp3) is 0.276. The molecule has 0 radical (unpaired) electrons. The molecular weight excluding hydrogens is 418 g/mol. The maximum Gasteiger partial charge on any atom is 0.156 e. The molecule has 1 aliphatic carbocycles. The molecule has 0 spiro atoms. The number of aromatic amines is 1. The Hall–Kier alpha value is -3.41. The molecule has 0 atom stereocenters. The summed E-state index contributed by atoms with van der Waals surface area (Å²) in [6, 6.07) is 23.9. The molecule has 0 saturated carbocycles. The predicted octanol–water partition coefficient (Wildman–Crippen LogP) is 5.56. The van der Waals surface area contributed by atoms with Crippen molar-refractivity contribution in [2.75, 3.05) is 18.4 Å². The van der Waals surface area contributed by atoms with Crippen LogP contribution in [0.25, 0.3) is 27.6 Å². The van der Waals surface area contributed by atoms with Crippen molar-refractivity contribution in [3.63, 3.8) is 0 Å². The second-order valence-electron chi connectivity index (χ2n) is 9.67. The largest absolute Gasteiger partial charge is 0.364 e. The molecule has 1 aliphatic heterocycles. The van der Waals surface area contributed by atoms with Gasteiger partial charge in [0.2, 0.25) is 0 Å². The average Bonchev–Trinajstić information content (AvgIpc) is 3.30. The molecule has 5 N–H and O–H groups in total. The van der Waals surface area contributed by atoms with Gasteiger partial charge in [-0.2, -0.15) is 5.10 Å². The lowest BCUT2D eigenvalue weighted by molar-refractivity contribution is 0.287. The molecule has 6 rings (SSSR count). The van der Waals surface area contributed by atoms with Gasteiger partial charge in [-0.05, 0) is 65.1 Å². The minimum atomic E-state index is -0.248. The number of nitrogens with one attached hydrogen (secondary N) is 3. The first-order valence-corrected chi connectivity index (χ1v) is 12.3. The van der Waals surface area contributed by atoms with E-state index in [4.69, 9.17) is 5.73 Å². The number of anilines is 1. The topological polar surface area (TPSA) is 78.8 Å². The second kappa shape index (κ2) is 8.75. The lowest BCUT2D eigenvalue weighted by Gasteiger charge is -2.39. The summed E-state index contributed by atoms with van der Waals surface area (Å²) in [5.41, 5.74) is 14.9. The van der Waals surface area contributed by atoms with Crippen molar-refractivity contribution < 1.29 is 0 Å². The normalized spacial score (nSPS) is 17.3. The Labute approximate surface area is 200 Å². The SMILES string of the molecule is NC1(c2cccc(CNc3n[nH]c4cccc(-c5ccc(C6=CCCCC6)cc5)c34)c2)CNC1. The van der Waals surface area contributed by atoms with Crippen LogP contribution in [-0.2, 0) is 12.1 Å². The lowest BCUT2D eigenvalue weighted by Crippen LogP contribution is -2.62. The molecule has 5 nitrogen and oxygen atoms in total. The molecule has 0 bridgehead atoms. The van der Waals surface area contributed by atoms with Crippen LogP contribution >= 0.6 is 0 Å². The van der Waals surface area contributed by atoms with Crippen LogP contribution in [0.1, 0.15) is 42.4 Å². The average molecular weight is 450 g/mol. The monoisotopic (exact) mass is 449 g/mol. The molecule has 34 heavy (non-hydrogen) atoms. The van der Waals surface area contributed by atoms with Crippen LogP contribution in [0.15, 0.2) is 72.8 Å². The zero-order valence-corrected chi connectivity index (χ0v) is 19.4. The molecule has 1 saturated heterocycles. The lowest BCUT2D eigenvalue weighted by atomic mass is 9.85. The third kappa shape index (κ3) is 3.91. The summed E-state index contributed by atoms with van der Waals surface area (Å²) in [6.07, 6.45) is 7.40. The highest BCUT2D eigenvalue weighted by atomic mass is 15.2. The molecule has 1 aromatic heterocycles. The van der Waals surface area contributed by atoms with E-state index in [1.807, 2.05) is 0 Å². The van der Waals surface area contributed by atoms with Crippen molar-refractivity contribution in [2.45, 2.75) is 37.8 Å². The van der Waals surface area contributed by atoms with Gasteiger partial charge < -0.3 is 16.4 Å². The number of H-pyrrole nitrogens is 1. The maximum atomic E-state index is 6.50. The number of hydrogen-bond acceptors (Lipinski definition) is 4. The third-order valence-electron chi connectivity index (χ3n) is 7.29. The number of allylic oxidation sites excluding steroid dienone is 2. The van der Waals surface area contributed by atoms with Crippen molar-refractivity contribution in [3.8, 4) is 11.1 Å². The van der Waals surface area contributed by atoms with E-state index in [1.165, 1.54) is 59.1 Å². The van der Waals surface area contributed by atoms with Crippen LogP contribution in [0.3, 0.4) is 0 Å². The molecule has 0 amide bonds. The number of aromatic nitrogens is 2. The quantitative estimate of drug-likeness (QED) is 0.311. The van der Waals surface area contributed by atoms with Gasteiger partial charge in [0, 0.05) is 19.6 Å². The van der Waals surface area contributed by atoms with Crippen molar-refractivity contribution in [2.24, 2.45) is 5.73 Å². The minimum absolute atomic E-state index is 0.248. The predicted molar refractivity (Wildman–Crippen MR) is 140 cm³/mol. The Morgan fingerprint density at radius 3 is 2.53 bits per heavy atom. The van der Waals surface area contributed by atoms with Gasteiger partial charge in [0.05, 0.1) is 16.4 Å². The van der Waals surface area contributed by atoms with E-state index >= 15 is 0 Å². The Bertz CT molecular complexity index is 1340. The summed E-state index contributed by atoms with van der Waals surface area (Å²) in [4.78, 5) is 0. The summed E-state index contributed by atoms with van der Waals surface area (Å²) >= 11 is 0. The van der Waals surface area contributed by atoms with Crippen LogP contribution < -0.4 is 16.4 Å². The first-order chi connectivity index (χ1) is 16.7. The summed E-state index contributed by atoms with van der Waals surface area (Å²) in [6.45, 7) is 2.35. The van der Waals surface area contributed by atoms with Crippen LogP contribution in [0, 0.1) is 0 Å². The summed E-state index contributed by atoms with van der Waals surface area (Å²) < 4.78 is 0. The first kappa shape index (κ1) is 21.1. The molecule has 5 heteroatoms. The van der Waals surface area contributed by atoms with Gasteiger partial charge in [-0.3, -0.25) is 5.10 Å². The van der Waals surface area contributed by atoms with E-state index in [1.54, 1.807) is 0 Å². The van der Waals surface area contributed by atoms with Crippen molar-refractivity contribution in [3.05, 3.63) is 89.5 Å². The number of benzene rings is 3. The Kier molecular flexibility index (Phi) is 5.44. The smallest absolute Gasteiger partial charge is 0.156 e. The fourth-order valence-electron chi connectivity index (χ4n) is 5.18. The second-order valence-corrected chi connectivity index (χ2v) is 9.67.